The van der Waals surface area contributed by atoms with E-state index in [-0.39, 0.29) is 23.4 Å². The van der Waals surface area contributed by atoms with E-state index in [2.05, 4.69) is 0 Å². The van der Waals surface area contributed by atoms with E-state index in [0.717, 1.165) is 40.4 Å². The summed E-state index contributed by atoms with van der Waals surface area (Å²) in [4.78, 5) is 15.0. The van der Waals surface area contributed by atoms with Gasteiger partial charge in [0.25, 0.3) is 0 Å². The number of sulfonamides is 1. The van der Waals surface area contributed by atoms with Crippen molar-refractivity contribution in [2.75, 3.05) is 33.4 Å². The van der Waals surface area contributed by atoms with Gasteiger partial charge in [-0.15, -0.1) is 0 Å². The van der Waals surface area contributed by atoms with Crippen LogP contribution in [0.15, 0.2) is 47.4 Å². The standard InChI is InChI=1S/C23H28N2O5S/c1-17-6-9-19(10-7-17)31(27,28)24(2)16-23(26)25-12-3-5-20(25)18-8-11-21-22(15-18)30-14-4-13-29-21/h6-11,15,20H,3-5,12-14,16H2,1-2H3/t20-/m0/s1. The van der Waals surface area contributed by atoms with Crippen LogP contribution < -0.4 is 9.47 Å². The molecule has 31 heavy (non-hydrogen) atoms. The van der Waals surface area contributed by atoms with Crippen LogP contribution in [-0.2, 0) is 14.8 Å². The number of carbonyl (C=O) groups excluding carboxylic acids is 1. The number of ether oxygens (including phenoxy) is 2. The Hall–Kier alpha value is -2.58. The first-order chi connectivity index (χ1) is 14.9. The summed E-state index contributed by atoms with van der Waals surface area (Å²) in [6, 6.07) is 12.4. The lowest BCUT2D eigenvalue weighted by Gasteiger charge is -2.27. The second kappa shape index (κ2) is 8.88. The Labute approximate surface area is 183 Å². The first-order valence-electron chi connectivity index (χ1n) is 10.6. The molecule has 0 saturated carbocycles. The molecule has 2 aromatic rings. The molecule has 0 unspecified atom stereocenters. The number of likely N-dealkylation sites (tertiary alicyclic amines) is 1. The van der Waals surface area contributed by atoms with Crippen LogP contribution in [0.5, 0.6) is 11.5 Å². The number of hydrogen-bond donors (Lipinski definition) is 0. The maximum absolute atomic E-state index is 13.1. The molecule has 0 bridgehead atoms. The summed E-state index contributed by atoms with van der Waals surface area (Å²) < 4.78 is 38.4. The SMILES string of the molecule is Cc1ccc(S(=O)(=O)N(C)CC(=O)N2CCC[C@H]2c2ccc3c(c2)OCCCO3)cc1. The van der Waals surface area contributed by atoms with Crippen LogP contribution >= 0.6 is 0 Å². The predicted octanol–water partition coefficient (Wildman–Crippen LogP) is 3.14. The van der Waals surface area contributed by atoms with Crippen molar-refractivity contribution in [3.8, 4) is 11.5 Å². The summed E-state index contributed by atoms with van der Waals surface area (Å²) in [6.45, 7) is 3.54. The second-order valence-corrected chi connectivity index (χ2v) is 10.1. The van der Waals surface area contributed by atoms with Crippen LogP contribution in [-0.4, -0.2) is 56.9 Å². The molecule has 7 nitrogen and oxygen atoms in total. The van der Waals surface area contributed by atoms with E-state index in [0.29, 0.717) is 25.5 Å². The van der Waals surface area contributed by atoms with Gasteiger partial charge in [-0.25, -0.2) is 8.42 Å². The first-order valence-corrected chi connectivity index (χ1v) is 12.0. The van der Waals surface area contributed by atoms with E-state index in [9.17, 15) is 13.2 Å². The zero-order valence-corrected chi connectivity index (χ0v) is 18.7. The minimum Gasteiger partial charge on any atom is -0.490 e. The first kappa shape index (κ1) is 21.6. The Bertz CT molecular complexity index is 1050. The summed E-state index contributed by atoms with van der Waals surface area (Å²) in [5.41, 5.74) is 1.96. The number of benzene rings is 2. The van der Waals surface area contributed by atoms with E-state index in [1.807, 2.05) is 25.1 Å². The highest BCUT2D eigenvalue weighted by atomic mass is 32.2. The fourth-order valence-electron chi connectivity index (χ4n) is 4.06. The van der Waals surface area contributed by atoms with Crippen molar-refractivity contribution in [3.05, 3.63) is 53.6 Å². The Morgan fingerprint density at radius 1 is 1.06 bits per heavy atom. The number of hydrogen-bond acceptors (Lipinski definition) is 5. The van der Waals surface area contributed by atoms with E-state index >= 15 is 0 Å². The topological polar surface area (TPSA) is 76.2 Å². The van der Waals surface area contributed by atoms with Gasteiger partial charge < -0.3 is 14.4 Å². The maximum atomic E-state index is 13.1. The number of carbonyl (C=O) groups is 1. The monoisotopic (exact) mass is 444 g/mol. The molecule has 2 aliphatic heterocycles. The number of nitrogens with zero attached hydrogens (tertiary/aromatic N) is 2. The molecule has 0 spiro atoms. The summed E-state index contributed by atoms with van der Waals surface area (Å²) in [5, 5.41) is 0. The molecule has 2 aromatic carbocycles. The highest BCUT2D eigenvalue weighted by molar-refractivity contribution is 7.89. The van der Waals surface area contributed by atoms with Crippen LogP contribution in [0.1, 0.15) is 36.4 Å². The normalized spacial score (nSPS) is 18.8. The molecule has 0 aliphatic carbocycles. The summed E-state index contributed by atoms with van der Waals surface area (Å²) >= 11 is 0. The largest absolute Gasteiger partial charge is 0.490 e. The van der Waals surface area contributed by atoms with Crippen LogP contribution in [0.2, 0.25) is 0 Å². The van der Waals surface area contributed by atoms with Gasteiger partial charge in [0.05, 0.1) is 30.7 Å². The van der Waals surface area contributed by atoms with Gasteiger partial charge in [-0.1, -0.05) is 23.8 Å². The van der Waals surface area contributed by atoms with Gasteiger partial charge in [0.2, 0.25) is 15.9 Å². The molecule has 4 rings (SSSR count). The zero-order valence-electron chi connectivity index (χ0n) is 17.9. The summed E-state index contributed by atoms with van der Waals surface area (Å²) in [6.07, 6.45) is 2.54. The third kappa shape index (κ3) is 4.55. The Balaban J connectivity index is 1.49. The molecule has 166 valence electrons. The van der Waals surface area contributed by atoms with E-state index in [1.54, 1.807) is 29.2 Å². The smallest absolute Gasteiger partial charge is 0.243 e. The average molecular weight is 445 g/mol. The summed E-state index contributed by atoms with van der Waals surface area (Å²) in [7, 11) is -2.28. The molecule has 2 heterocycles. The number of aryl methyl sites for hydroxylation is 1. The third-order valence-electron chi connectivity index (χ3n) is 5.82. The number of amides is 1. The van der Waals surface area contributed by atoms with Crippen molar-refractivity contribution < 1.29 is 22.7 Å². The highest BCUT2D eigenvalue weighted by Gasteiger charge is 2.33. The van der Waals surface area contributed by atoms with Gasteiger partial charge in [0.1, 0.15) is 0 Å². The lowest BCUT2D eigenvalue weighted by Crippen LogP contribution is -2.40. The van der Waals surface area contributed by atoms with Crippen LogP contribution in [0.25, 0.3) is 0 Å². The van der Waals surface area contributed by atoms with Gasteiger partial charge in [-0.2, -0.15) is 4.31 Å². The van der Waals surface area contributed by atoms with Gasteiger partial charge >= 0.3 is 0 Å². The van der Waals surface area contributed by atoms with Crippen molar-refractivity contribution in [1.29, 1.82) is 0 Å². The second-order valence-electron chi connectivity index (χ2n) is 8.08. The molecule has 1 fully saturated rings. The van der Waals surface area contributed by atoms with Gasteiger partial charge in [-0.3, -0.25) is 4.79 Å². The predicted molar refractivity (Wildman–Crippen MR) is 117 cm³/mol. The van der Waals surface area contributed by atoms with Gasteiger partial charge in [-0.05, 0) is 49.6 Å². The van der Waals surface area contributed by atoms with Crippen molar-refractivity contribution in [2.24, 2.45) is 0 Å². The lowest BCUT2D eigenvalue weighted by atomic mass is 10.0. The molecule has 8 heteroatoms. The number of rotatable bonds is 5. The van der Waals surface area contributed by atoms with Crippen LogP contribution in [0.3, 0.4) is 0 Å². The quantitative estimate of drug-likeness (QED) is 0.708. The fourth-order valence-corrected chi connectivity index (χ4v) is 5.18. The molecule has 2 aliphatic rings. The van der Waals surface area contributed by atoms with E-state index in [4.69, 9.17) is 9.47 Å². The maximum Gasteiger partial charge on any atom is 0.243 e. The summed E-state index contributed by atoms with van der Waals surface area (Å²) in [5.74, 6) is 1.22. The third-order valence-corrected chi connectivity index (χ3v) is 7.63. The van der Waals surface area contributed by atoms with Crippen LogP contribution in [0.4, 0.5) is 0 Å². The molecular weight excluding hydrogens is 416 g/mol. The minimum absolute atomic E-state index is 0.0971. The number of likely N-dealkylation sites (N-methyl/N-ethyl adjacent to an activating group) is 1. The minimum atomic E-state index is -3.73. The number of fused-ring (bicyclic) bond motifs is 1. The highest BCUT2D eigenvalue weighted by Crippen LogP contribution is 2.38. The van der Waals surface area contributed by atoms with Crippen molar-refractivity contribution in [3.63, 3.8) is 0 Å². The van der Waals surface area contributed by atoms with E-state index < -0.39 is 10.0 Å². The van der Waals surface area contributed by atoms with Crippen molar-refractivity contribution in [2.45, 2.75) is 37.1 Å². The Kier molecular flexibility index (Phi) is 6.20. The molecule has 0 radical (unpaired) electrons. The fraction of sp³-hybridized carbons (Fsp3) is 0.435. The average Bonchev–Trinajstić information content (AvgIpc) is 3.13. The Morgan fingerprint density at radius 2 is 1.77 bits per heavy atom. The van der Waals surface area contributed by atoms with Gasteiger partial charge in [0, 0.05) is 20.0 Å². The molecular formula is C23H28N2O5S. The molecule has 1 atom stereocenters. The van der Waals surface area contributed by atoms with Crippen molar-refractivity contribution >= 4 is 15.9 Å². The zero-order chi connectivity index (χ0) is 22.0. The molecule has 1 amide bonds. The molecule has 0 aromatic heterocycles. The molecule has 0 N–H and O–H groups in total. The van der Waals surface area contributed by atoms with E-state index in [1.165, 1.54) is 7.05 Å². The Morgan fingerprint density at radius 3 is 2.52 bits per heavy atom. The van der Waals surface area contributed by atoms with Crippen molar-refractivity contribution in [1.82, 2.24) is 9.21 Å². The van der Waals surface area contributed by atoms with Crippen LogP contribution in [0, 0.1) is 6.92 Å². The van der Waals surface area contributed by atoms with Gasteiger partial charge in [0.15, 0.2) is 11.5 Å². The lowest BCUT2D eigenvalue weighted by molar-refractivity contribution is -0.132. The molecule has 1 saturated heterocycles.